The van der Waals surface area contributed by atoms with Crippen molar-refractivity contribution in [2.45, 2.75) is 20.1 Å². The zero-order valence-electron chi connectivity index (χ0n) is 13.8. The Bertz CT molecular complexity index is 865. The highest BCUT2D eigenvalue weighted by molar-refractivity contribution is 5.94. The highest BCUT2D eigenvalue weighted by atomic mass is 16.5. The monoisotopic (exact) mass is 340 g/mol. The molecule has 25 heavy (non-hydrogen) atoms. The van der Waals surface area contributed by atoms with Crippen molar-refractivity contribution in [3.8, 4) is 11.4 Å². The Labute approximate surface area is 143 Å². The number of aryl methyl sites for hydroxylation is 1. The van der Waals surface area contributed by atoms with E-state index in [1.54, 1.807) is 25.4 Å². The van der Waals surface area contributed by atoms with E-state index >= 15 is 0 Å². The number of nitrogens with zero attached hydrogens (tertiary/aromatic N) is 5. The quantitative estimate of drug-likeness (QED) is 0.714. The molecule has 0 aromatic carbocycles. The summed E-state index contributed by atoms with van der Waals surface area (Å²) >= 11 is 0. The van der Waals surface area contributed by atoms with Crippen LogP contribution in [-0.4, -0.2) is 38.1 Å². The van der Waals surface area contributed by atoms with Crippen molar-refractivity contribution < 1.29 is 14.1 Å². The zero-order valence-corrected chi connectivity index (χ0v) is 13.8. The van der Waals surface area contributed by atoms with E-state index in [4.69, 9.17) is 9.26 Å². The molecule has 0 unspecified atom stereocenters. The lowest BCUT2D eigenvalue weighted by molar-refractivity contribution is 0.0945. The van der Waals surface area contributed by atoms with Crippen LogP contribution in [0, 0.1) is 6.92 Å². The normalized spacial score (nSPS) is 10.6. The third-order valence-corrected chi connectivity index (χ3v) is 3.33. The zero-order chi connectivity index (χ0) is 17.6. The molecule has 0 radical (unpaired) electrons. The molecule has 3 aromatic heterocycles. The van der Waals surface area contributed by atoms with Crippen molar-refractivity contribution in [1.29, 1.82) is 0 Å². The molecule has 0 aliphatic carbocycles. The summed E-state index contributed by atoms with van der Waals surface area (Å²) in [7, 11) is 1.54. The van der Waals surface area contributed by atoms with Crippen LogP contribution in [0.25, 0.3) is 11.4 Å². The molecular weight excluding hydrogens is 324 g/mol. The first-order valence-corrected chi connectivity index (χ1v) is 7.50. The Morgan fingerprint density at radius 1 is 1.32 bits per heavy atom. The number of carbonyl (C=O) groups is 1. The number of hydrogen-bond donors (Lipinski definition) is 1. The topological polar surface area (TPSA) is 116 Å². The molecule has 3 rings (SSSR count). The number of methoxy groups -OCH3 is 1. The second-order valence-corrected chi connectivity index (χ2v) is 5.15. The smallest absolute Gasteiger partial charge is 0.255 e. The second-order valence-electron chi connectivity index (χ2n) is 5.15. The van der Waals surface area contributed by atoms with Gasteiger partial charge in [0.2, 0.25) is 5.89 Å². The van der Waals surface area contributed by atoms with Crippen LogP contribution in [0.15, 0.2) is 35.2 Å². The number of carbonyl (C=O) groups excluding carboxylic acids is 1. The maximum atomic E-state index is 12.3. The molecule has 1 N–H and O–H groups in total. The van der Waals surface area contributed by atoms with Gasteiger partial charge in [-0.2, -0.15) is 4.98 Å². The van der Waals surface area contributed by atoms with Crippen LogP contribution in [0.5, 0.6) is 0 Å². The minimum atomic E-state index is -0.318. The summed E-state index contributed by atoms with van der Waals surface area (Å²) in [5, 5.41) is 6.43. The fourth-order valence-corrected chi connectivity index (χ4v) is 2.12. The van der Waals surface area contributed by atoms with E-state index in [0.29, 0.717) is 28.8 Å². The van der Waals surface area contributed by atoms with Crippen LogP contribution in [0.1, 0.15) is 27.8 Å². The average molecular weight is 340 g/mol. The van der Waals surface area contributed by atoms with Gasteiger partial charge in [0.25, 0.3) is 5.91 Å². The predicted octanol–water partition coefficient (Wildman–Crippen LogP) is 1.31. The summed E-state index contributed by atoms with van der Waals surface area (Å²) < 4.78 is 9.92. The lowest BCUT2D eigenvalue weighted by Crippen LogP contribution is -2.24. The summed E-state index contributed by atoms with van der Waals surface area (Å²) in [6, 6.07) is 3.66. The standard InChI is InChI=1S/C16H16N6O3/c1-10-12(7-18-15(20-10)11-4-3-5-17-6-11)16(23)19-8-14-21-13(9-24-2)22-25-14/h3-7H,8-9H2,1-2H3,(H,19,23). The molecule has 0 saturated heterocycles. The van der Waals surface area contributed by atoms with Gasteiger partial charge in [0.15, 0.2) is 11.6 Å². The minimum absolute atomic E-state index is 0.110. The van der Waals surface area contributed by atoms with Crippen molar-refractivity contribution in [2.24, 2.45) is 0 Å². The van der Waals surface area contributed by atoms with Gasteiger partial charge in [0, 0.05) is 31.3 Å². The van der Waals surface area contributed by atoms with E-state index in [1.165, 1.54) is 13.3 Å². The Balaban J connectivity index is 1.67. The summed E-state index contributed by atoms with van der Waals surface area (Å²) in [6.45, 7) is 2.11. The lowest BCUT2D eigenvalue weighted by Gasteiger charge is -2.07. The fraction of sp³-hybridized carbons (Fsp3) is 0.250. The maximum absolute atomic E-state index is 12.3. The number of amides is 1. The fourth-order valence-electron chi connectivity index (χ4n) is 2.12. The van der Waals surface area contributed by atoms with Gasteiger partial charge in [-0.15, -0.1) is 0 Å². The summed E-state index contributed by atoms with van der Waals surface area (Å²) in [6.07, 6.45) is 4.83. The molecule has 9 heteroatoms. The molecule has 0 bridgehead atoms. The number of pyridine rings is 1. The molecule has 0 atom stereocenters. The molecule has 3 heterocycles. The molecule has 0 fully saturated rings. The molecule has 0 aliphatic rings. The van der Waals surface area contributed by atoms with Gasteiger partial charge in [0.1, 0.15) is 6.61 Å². The number of ether oxygens (including phenoxy) is 1. The molecule has 0 saturated carbocycles. The predicted molar refractivity (Wildman–Crippen MR) is 86.2 cm³/mol. The molecule has 0 spiro atoms. The molecule has 3 aromatic rings. The van der Waals surface area contributed by atoms with Gasteiger partial charge >= 0.3 is 0 Å². The summed E-state index contributed by atoms with van der Waals surface area (Å²) in [4.78, 5) is 29.0. The van der Waals surface area contributed by atoms with Crippen molar-refractivity contribution in [3.63, 3.8) is 0 Å². The molecular formula is C16H16N6O3. The summed E-state index contributed by atoms with van der Waals surface area (Å²) in [5.74, 6) is 0.919. The van der Waals surface area contributed by atoms with Gasteiger partial charge < -0.3 is 14.6 Å². The third-order valence-electron chi connectivity index (χ3n) is 3.33. The van der Waals surface area contributed by atoms with Crippen molar-refractivity contribution in [3.05, 3.63) is 53.7 Å². The first-order valence-electron chi connectivity index (χ1n) is 7.50. The number of rotatable bonds is 6. The van der Waals surface area contributed by atoms with E-state index in [1.807, 2.05) is 6.07 Å². The Hall–Kier alpha value is -3.20. The van der Waals surface area contributed by atoms with Gasteiger partial charge in [-0.1, -0.05) is 5.16 Å². The summed E-state index contributed by atoms with van der Waals surface area (Å²) in [5.41, 5.74) is 1.73. The third kappa shape index (κ3) is 4.01. The van der Waals surface area contributed by atoms with Crippen molar-refractivity contribution in [2.75, 3.05) is 7.11 Å². The van der Waals surface area contributed by atoms with E-state index in [2.05, 4.69) is 30.4 Å². The van der Waals surface area contributed by atoms with E-state index in [-0.39, 0.29) is 19.1 Å². The first kappa shape index (κ1) is 16.7. The number of hydrogen-bond acceptors (Lipinski definition) is 8. The average Bonchev–Trinajstić information content (AvgIpc) is 3.08. The highest BCUT2D eigenvalue weighted by Gasteiger charge is 2.14. The highest BCUT2D eigenvalue weighted by Crippen LogP contribution is 2.14. The second kappa shape index (κ2) is 7.58. The van der Waals surface area contributed by atoms with Gasteiger partial charge in [-0.3, -0.25) is 9.78 Å². The van der Waals surface area contributed by atoms with Gasteiger partial charge in [0.05, 0.1) is 17.8 Å². The van der Waals surface area contributed by atoms with E-state index in [9.17, 15) is 4.79 Å². The Morgan fingerprint density at radius 3 is 2.92 bits per heavy atom. The van der Waals surface area contributed by atoms with Gasteiger partial charge in [-0.25, -0.2) is 9.97 Å². The SMILES string of the molecule is COCc1noc(CNC(=O)c2cnc(-c3cccnc3)nc2C)n1. The first-order chi connectivity index (χ1) is 12.2. The van der Waals surface area contributed by atoms with Crippen molar-refractivity contribution >= 4 is 5.91 Å². The van der Waals surface area contributed by atoms with Crippen LogP contribution >= 0.6 is 0 Å². The van der Waals surface area contributed by atoms with E-state index in [0.717, 1.165) is 5.56 Å². The largest absolute Gasteiger partial charge is 0.377 e. The minimum Gasteiger partial charge on any atom is -0.377 e. The Morgan fingerprint density at radius 2 is 2.20 bits per heavy atom. The molecule has 9 nitrogen and oxygen atoms in total. The Kier molecular flexibility index (Phi) is 5.05. The molecule has 0 aliphatic heterocycles. The van der Waals surface area contributed by atoms with E-state index < -0.39 is 0 Å². The molecule has 128 valence electrons. The van der Waals surface area contributed by atoms with Gasteiger partial charge in [-0.05, 0) is 19.1 Å². The number of nitrogens with one attached hydrogen (secondary N) is 1. The van der Waals surface area contributed by atoms with Crippen LogP contribution in [0.4, 0.5) is 0 Å². The van der Waals surface area contributed by atoms with Crippen LogP contribution in [0.3, 0.4) is 0 Å². The lowest BCUT2D eigenvalue weighted by atomic mass is 10.2. The van der Waals surface area contributed by atoms with Crippen LogP contribution in [0.2, 0.25) is 0 Å². The molecule has 1 amide bonds. The van der Waals surface area contributed by atoms with Crippen LogP contribution < -0.4 is 5.32 Å². The number of aromatic nitrogens is 5. The van der Waals surface area contributed by atoms with Crippen molar-refractivity contribution in [1.82, 2.24) is 30.4 Å². The van der Waals surface area contributed by atoms with Crippen LogP contribution in [-0.2, 0) is 17.9 Å². The maximum Gasteiger partial charge on any atom is 0.255 e.